The van der Waals surface area contributed by atoms with Crippen molar-refractivity contribution in [2.45, 2.75) is 34.1 Å². The van der Waals surface area contributed by atoms with Gasteiger partial charge in [-0.3, -0.25) is 4.79 Å². The van der Waals surface area contributed by atoms with Gasteiger partial charge in [-0.05, 0) is 49.6 Å². The lowest BCUT2D eigenvalue weighted by Gasteiger charge is -2.12. The summed E-state index contributed by atoms with van der Waals surface area (Å²) in [5, 5.41) is 16.7. The maximum atomic E-state index is 12.5. The zero-order valence-electron chi connectivity index (χ0n) is 17.4. The molecule has 0 saturated heterocycles. The lowest BCUT2D eigenvalue weighted by Crippen LogP contribution is -2.21. The molecule has 1 amide bonds. The first kappa shape index (κ1) is 20.0. The molecule has 154 valence electrons. The van der Waals surface area contributed by atoms with E-state index in [-0.39, 0.29) is 12.5 Å². The SMILES string of the molecule is CCc1nnc2sc(-c3ccc(C)c(NC(=O)COc4cccc(C)c4C)c3)nn12. The minimum absolute atomic E-state index is 0.0510. The van der Waals surface area contributed by atoms with E-state index in [2.05, 4.69) is 20.6 Å². The molecule has 30 heavy (non-hydrogen) atoms. The summed E-state index contributed by atoms with van der Waals surface area (Å²) in [7, 11) is 0. The van der Waals surface area contributed by atoms with Gasteiger partial charge in [0.2, 0.25) is 4.96 Å². The molecule has 0 saturated carbocycles. The van der Waals surface area contributed by atoms with Crippen molar-refractivity contribution in [2.75, 3.05) is 11.9 Å². The average molecular weight is 422 g/mol. The molecule has 0 fully saturated rings. The van der Waals surface area contributed by atoms with Crippen LogP contribution in [0.3, 0.4) is 0 Å². The van der Waals surface area contributed by atoms with Crippen molar-refractivity contribution in [3.05, 3.63) is 58.9 Å². The number of rotatable bonds is 6. The zero-order chi connectivity index (χ0) is 21.3. The lowest BCUT2D eigenvalue weighted by atomic mass is 10.1. The van der Waals surface area contributed by atoms with Crippen molar-refractivity contribution in [1.29, 1.82) is 0 Å². The van der Waals surface area contributed by atoms with Crippen LogP contribution in [0.1, 0.15) is 29.4 Å². The number of carbonyl (C=O) groups excluding carboxylic acids is 1. The molecule has 2 aromatic carbocycles. The second-order valence-electron chi connectivity index (χ2n) is 7.14. The first-order valence-electron chi connectivity index (χ1n) is 9.77. The minimum Gasteiger partial charge on any atom is -0.483 e. The fraction of sp³-hybridized carbons (Fsp3) is 0.273. The van der Waals surface area contributed by atoms with Gasteiger partial charge in [-0.15, -0.1) is 10.2 Å². The number of ether oxygens (including phenoxy) is 1. The molecule has 7 nitrogen and oxygen atoms in total. The molecule has 0 unspecified atom stereocenters. The van der Waals surface area contributed by atoms with E-state index in [0.29, 0.717) is 0 Å². The molecule has 0 spiro atoms. The number of aromatic nitrogens is 4. The van der Waals surface area contributed by atoms with Crippen LogP contribution < -0.4 is 10.1 Å². The van der Waals surface area contributed by atoms with Crippen molar-refractivity contribution in [1.82, 2.24) is 19.8 Å². The third-order valence-corrected chi connectivity index (χ3v) is 5.99. The van der Waals surface area contributed by atoms with Crippen molar-refractivity contribution < 1.29 is 9.53 Å². The van der Waals surface area contributed by atoms with Gasteiger partial charge in [0.15, 0.2) is 12.4 Å². The molecule has 0 aliphatic carbocycles. The summed E-state index contributed by atoms with van der Waals surface area (Å²) in [5.41, 5.74) is 4.80. The number of anilines is 1. The highest BCUT2D eigenvalue weighted by molar-refractivity contribution is 7.19. The highest BCUT2D eigenvalue weighted by Crippen LogP contribution is 2.29. The van der Waals surface area contributed by atoms with Crippen LogP contribution in [-0.2, 0) is 11.2 Å². The Morgan fingerprint density at radius 1 is 1.13 bits per heavy atom. The van der Waals surface area contributed by atoms with Crippen LogP contribution in [0.15, 0.2) is 36.4 Å². The van der Waals surface area contributed by atoms with Crippen LogP contribution in [0.4, 0.5) is 5.69 Å². The monoisotopic (exact) mass is 421 g/mol. The molecule has 2 heterocycles. The van der Waals surface area contributed by atoms with Gasteiger partial charge in [-0.2, -0.15) is 9.61 Å². The van der Waals surface area contributed by atoms with Gasteiger partial charge < -0.3 is 10.1 Å². The molecule has 4 aromatic rings. The lowest BCUT2D eigenvalue weighted by molar-refractivity contribution is -0.118. The van der Waals surface area contributed by atoms with Gasteiger partial charge in [0.05, 0.1) is 0 Å². The first-order chi connectivity index (χ1) is 14.5. The van der Waals surface area contributed by atoms with Gasteiger partial charge in [0.1, 0.15) is 10.8 Å². The largest absolute Gasteiger partial charge is 0.483 e. The third-order valence-electron chi connectivity index (χ3n) is 5.04. The number of nitrogens with one attached hydrogen (secondary N) is 1. The maximum absolute atomic E-state index is 12.5. The van der Waals surface area contributed by atoms with Crippen molar-refractivity contribution in [3.8, 4) is 16.3 Å². The molecule has 4 rings (SSSR count). The van der Waals surface area contributed by atoms with Gasteiger partial charge in [-0.1, -0.05) is 42.5 Å². The Bertz CT molecular complexity index is 1230. The van der Waals surface area contributed by atoms with E-state index in [9.17, 15) is 4.79 Å². The topological polar surface area (TPSA) is 81.4 Å². The number of amides is 1. The van der Waals surface area contributed by atoms with E-state index in [1.54, 1.807) is 4.52 Å². The van der Waals surface area contributed by atoms with Crippen molar-refractivity contribution >= 4 is 27.9 Å². The van der Waals surface area contributed by atoms with Crippen LogP contribution >= 0.6 is 11.3 Å². The van der Waals surface area contributed by atoms with Gasteiger partial charge >= 0.3 is 0 Å². The molecule has 0 aliphatic heterocycles. The number of nitrogens with zero attached hydrogens (tertiary/aromatic N) is 4. The van der Waals surface area contributed by atoms with Crippen LogP contribution in [0.25, 0.3) is 15.5 Å². The molecule has 0 aliphatic rings. The maximum Gasteiger partial charge on any atom is 0.262 e. The number of benzene rings is 2. The number of carbonyl (C=O) groups is 1. The summed E-state index contributed by atoms with van der Waals surface area (Å²) in [5.74, 6) is 1.35. The Balaban J connectivity index is 1.50. The van der Waals surface area contributed by atoms with E-state index in [0.717, 1.165) is 55.9 Å². The second-order valence-corrected chi connectivity index (χ2v) is 8.09. The van der Waals surface area contributed by atoms with Crippen LogP contribution in [0.5, 0.6) is 5.75 Å². The normalized spacial score (nSPS) is 11.1. The number of fused-ring (bicyclic) bond motifs is 1. The summed E-state index contributed by atoms with van der Waals surface area (Å²) in [6.07, 6.45) is 0.764. The van der Waals surface area contributed by atoms with Gasteiger partial charge in [0, 0.05) is 17.7 Å². The summed E-state index contributed by atoms with van der Waals surface area (Å²) in [6.45, 7) is 7.94. The fourth-order valence-corrected chi connectivity index (χ4v) is 3.95. The van der Waals surface area contributed by atoms with E-state index >= 15 is 0 Å². The van der Waals surface area contributed by atoms with E-state index < -0.39 is 0 Å². The predicted octanol–water partition coefficient (Wildman–Crippen LogP) is 4.36. The van der Waals surface area contributed by atoms with Crippen LogP contribution in [0, 0.1) is 20.8 Å². The summed E-state index contributed by atoms with van der Waals surface area (Å²) >= 11 is 1.47. The quantitative estimate of drug-likeness (QED) is 0.500. The smallest absolute Gasteiger partial charge is 0.262 e. The minimum atomic E-state index is -0.206. The Morgan fingerprint density at radius 2 is 1.97 bits per heavy atom. The average Bonchev–Trinajstić information content (AvgIpc) is 3.31. The van der Waals surface area contributed by atoms with E-state index in [1.807, 2.05) is 64.1 Å². The zero-order valence-corrected chi connectivity index (χ0v) is 18.2. The standard InChI is InChI=1S/C22H23N5O2S/c1-5-19-24-25-22-27(19)26-21(30-22)16-10-9-14(3)17(11-16)23-20(28)12-29-18-8-6-7-13(2)15(18)4/h6-11H,5,12H2,1-4H3,(H,23,28). The first-order valence-corrected chi connectivity index (χ1v) is 10.6. The molecule has 1 N–H and O–H groups in total. The Kier molecular flexibility index (Phi) is 5.50. The number of hydrogen-bond donors (Lipinski definition) is 1. The van der Waals surface area contributed by atoms with E-state index in [1.165, 1.54) is 11.3 Å². The molecule has 8 heteroatoms. The number of aryl methyl sites for hydroxylation is 3. The molecular weight excluding hydrogens is 398 g/mol. The summed E-state index contributed by atoms with van der Waals surface area (Å²) < 4.78 is 7.49. The van der Waals surface area contributed by atoms with Crippen molar-refractivity contribution in [2.24, 2.45) is 0 Å². The Hall–Kier alpha value is -3.26. The molecular formula is C22H23N5O2S. The summed E-state index contributed by atoms with van der Waals surface area (Å²) in [6, 6.07) is 11.7. The second kappa shape index (κ2) is 8.23. The van der Waals surface area contributed by atoms with E-state index in [4.69, 9.17) is 4.74 Å². The van der Waals surface area contributed by atoms with Gasteiger partial charge in [-0.25, -0.2) is 0 Å². The predicted molar refractivity (Wildman–Crippen MR) is 118 cm³/mol. The van der Waals surface area contributed by atoms with Crippen LogP contribution in [-0.4, -0.2) is 32.3 Å². The Morgan fingerprint density at radius 3 is 2.77 bits per heavy atom. The molecule has 0 radical (unpaired) electrons. The highest BCUT2D eigenvalue weighted by Gasteiger charge is 2.14. The third kappa shape index (κ3) is 3.91. The van der Waals surface area contributed by atoms with Gasteiger partial charge in [0.25, 0.3) is 5.91 Å². The Labute approximate surface area is 178 Å². The molecule has 0 bridgehead atoms. The van der Waals surface area contributed by atoms with Crippen LogP contribution in [0.2, 0.25) is 0 Å². The fourth-order valence-electron chi connectivity index (χ4n) is 3.09. The number of hydrogen-bond acceptors (Lipinski definition) is 6. The molecule has 2 aromatic heterocycles. The summed E-state index contributed by atoms with van der Waals surface area (Å²) in [4.78, 5) is 13.3. The highest BCUT2D eigenvalue weighted by atomic mass is 32.1. The van der Waals surface area contributed by atoms with Crippen molar-refractivity contribution in [3.63, 3.8) is 0 Å². The molecule has 0 atom stereocenters.